The quantitative estimate of drug-likeness (QED) is 0.0602. The largest absolute Gasteiger partial charge is 2.00 e. The van der Waals surface area contributed by atoms with Crippen LogP contribution in [0, 0.1) is 0 Å². The van der Waals surface area contributed by atoms with Gasteiger partial charge in [0.15, 0.2) is 0 Å². The third-order valence-corrected chi connectivity index (χ3v) is 24.5. The Hall–Kier alpha value is 1.25. The third-order valence-electron chi connectivity index (χ3n) is 10.6. The summed E-state index contributed by atoms with van der Waals surface area (Å²) in [5.74, 6) is 0. The molecule has 270 valence electrons. The van der Waals surface area contributed by atoms with Gasteiger partial charge in [-0.1, -0.05) is 62.3 Å². The van der Waals surface area contributed by atoms with Gasteiger partial charge in [0.2, 0.25) is 0 Å². The Balaban J connectivity index is -0.000000115. The number of rotatable bonds is 18. The average molecular weight is 769 g/mol. The smallest absolute Gasteiger partial charge is 0.545 e. The SMILES string of the molecule is CCC(C)[PH+](C(C)CC)C(C)CC.CCC(C)[PH+](C(C)CC)C(C)CC.CCC(C)[PH+](C(C)CC)C(C)CC.[CH-]=O.[CH-]=O.[Ru+2]. The van der Waals surface area contributed by atoms with Crippen LogP contribution in [0.2, 0.25) is 0 Å². The van der Waals surface area contributed by atoms with Crippen LogP contribution in [0.15, 0.2) is 0 Å². The maximum absolute atomic E-state index is 7.75. The summed E-state index contributed by atoms with van der Waals surface area (Å²) in [4.78, 5) is 15.5. The summed E-state index contributed by atoms with van der Waals surface area (Å²) < 4.78 is 0. The molecule has 2 nitrogen and oxygen atoms in total. The van der Waals surface area contributed by atoms with Crippen LogP contribution < -0.4 is 0 Å². The zero-order chi connectivity index (χ0) is 35.3. The van der Waals surface area contributed by atoms with Crippen molar-refractivity contribution in [3.8, 4) is 0 Å². The van der Waals surface area contributed by atoms with Crippen molar-refractivity contribution in [1.82, 2.24) is 0 Å². The predicted molar refractivity (Wildman–Crippen MR) is 216 cm³/mol. The van der Waals surface area contributed by atoms with Gasteiger partial charge in [0.25, 0.3) is 0 Å². The minimum atomic E-state index is -0.130. The normalized spacial score (nSPS) is 18.6. The van der Waals surface area contributed by atoms with Crippen LogP contribution in [0.1, 0.15) is 182 Å². The van der Waals surface area contributed by atoms with Crippen molar-refractivity contribution in [2.75, 3.05) is 0 Å². The molecule has 0 rings (SSSR count). The Labute approximate surface area is 298 Å². The molecule has 0 aromatic rings. The molecule has 0 aliphatic heterocycles. The third kappa shape index (κ3) is 25.3. The molecule has 0 N–H and O–H groups in total. The summed E-state index contributed by atoms with van der Waals surface area (Å²) in [6.07, 6.45) is 12.4. The first-order chi connectivity index (χ1) is 20.2. The van der Waals surface area contributed by atoms with Crippen molar-refractivity contribution in [2.24, 2.45) is 0 Å². The van der Waals surface area contributed by atoms with Gasteiger partial charge >= 0.3 is 19.5 Å². The van der Waals surface area contributed by atoms with Gasteiger partial charge in [-0.2, -0.15) is 0 Å². The van der Waals surface area contributed by atoms with E-state index in [0.717, 1.165) is 50.9 Å². The van der Waals surface area contributed by atoms with E-state index in [0.29, 0.717) is 0 Å². The Morgan fingerprint density at radius 1 is 0.295 bits per heavy atom. The fourth-order valence-electron chi connectivity index (χ4n) is 6.49. The van der Waals surface area contributed by atoms with Crippen LogP contribution >= 0.6 is 23.8 Å². The molecule has 0 amide bonds. The molecule has 0 radical (unpaired) electrons. The van der Waals surface area contributed by atoms with Gasteiger partial charge < -0.3 is 9.59 Å². The zero-order valence-electron chi connectivity index (χ0n) is 33.4. The molecule has 0 spiro atoms. The summed E-state index contributed by atoms with van der Waals surface area (Å²) in [7, 11) is -0.391. The van der Waals surface area contributed by atoms with E-state index in [1.807, 2.05) is 0 Å². The molecule has 0 bridgehead atoms. The van der Waals surface area contributed by atoms with Crippen LogP contribution in [0.4, 0.5) is 0 Å². The van der Waals surface area contributed by atoms with Gasteiger partial charge in [-0.05, 0) is 120 Å². The monoisotopic (exact) mass is 769 g/mol. The van der Waals surface area contributed by atoms with Crippen molar-refractivity contribution in [3.63, 3.8) is 0 Å². The van der Waals surface area contributed by atoms with Crippen molar-refractivity contribution in [3.05, 3.63) is 0 Å². The molecular weight excluding hydrogens is 682 g/mol. The molecule has 0 aromatic heterocycles. The van der Waals surface area contributed by atoms with Crippen LogP contribution in [0.3, 0.4) is 0 Å². The minimum Gasteiger partial charge on any atom is -0.545 e. The van der Waals surface area contributed by atoms with Crippen molar-refractivity contribution in [1.29, 1.82) is 0 Å². The second-order valence-corrected chi connectivity index (χ2v) is 25.2. The Morgan fingerprint density at radius 2 is 0.364 bits per heavy atom. The first-order valence-corrected chi connectivity index (χ1v) is 23.5. The summed E-state index contributed by atoms with van der Waals surface area (Å²) in [5.41, 5.74) is 8.96. The Morgan fingerprint density at radius 3 is 0.409 bits per heavy atom. The van der Waals surface area contributed by atoms with Gasteiger partial charge in [0.05, 0.1) is 50.9 Å². The average Bonchev–Trinajstić information content (AvgIpc) is 3.05. The van der Waals surface area contributed by atoms with Gasteiger partial charge in [-0.15, -0.1) is 0 Å². The van der Waals surface area contributed by atoms with E-state index in [9.17, 15) is 0 Å². The molecule has 0 heterocycles. The molecule has 0 fully saturated rings. The molecule has 6 heteroatoms. The Bertz CT molecular complexity index is 412. The molecule has 9 unspecified atom stereocenters. The molecule has 0 saturated heterocycles. The number of hydrogen-bond donors (Lipinski definition) is 0. The van der Waals surface area contributed by atoms with Crippen molar-refractivity contribution in [2.45, 2.75) is 233 Å². The first-order valence-electron chi connectivity index (χ1n) is 18.3. The first kappa shape index (κ1) is 57.5. The fourth-order valence-corrected chi connectivity index (χ4v) is 19.5. The number of carbonyl (C=O) groups excluding carboxylic acids is 2. The van der Waals surface area contributed by atoms with Gasteiger partial charge in [-0.3, -0.25) is 13.6 Å². The number of hydrogen-bond acceptors (Lipinski definition) is 2. The minimum absolute atomic E-state index is 0. The molecule has 0 aromatic carbocycles. The zero-order valence-corrected chi connectivity index (χ0v) is 38.1. The van der Waals surface area contributed by atoms with Gasteiger partial charge in [-0.25, -0.2) is 0 Å². The summed E-state index contributed by atoms with van der Waals surface area (Å²) >= 11 is 0. The van der Waals surface area contributed by atoms with E-state index in [4.69, 9.17) is 9.59 Å². The molecular formula is C38H86O2P3Ru+3. The second-order valence-electron chi connectivity index (χ2n) is 13.3. The van der Waals surface area contributed by atoms with E-state index in [1.54, 1.807) is 0 Å². The van der Waals surface area contributed by atoms with Crippen LogP contribution in [-0.4, -0.2) is 64.5 Å². The van der Waals surface area contributed by atoms with E-state index < -0.39 is 0 Å². The fraction of sp³-hybridized carbons (Fsp3) is 0.947. The molecule has 0 aliphatic rings. The molecule has 0 saturated carbocycles. The summed E-state index contributed by atoms with van der Waals surface area (Å²) in [6, 6.07) is 0. The van der Waals surface area contributed by atoms with Crippen molar-refractivity contribution < 1.29 is 29.1 Å². The van der Waals surface area contributed by atoms with E-state index in [2.05, 4.69) is 138 Å². The maximum atomic E-state index is 7.75. The van der Waals surface area contributed by atoms with Gasteiger partial charge in [0.1, 0.15) is 0 Å². The Kier molecular flexibility index (Phi) is 50.6. The topological polar surface area (TPSA) is 34.1 Å². The van der Waals surface area contributed by atoms with Gasteiger partial charge in [0, 0.05) is 23.8 Å². The molecule has 44 heavy (non-hydrogen) atoms. The van der Waals surface area contributed by atoms with E-state index in [-0.39, 0.29) is 43.2 Å². The van der Waals surface area contributed by atoms with Crippen LogP contribution in [0.5, 0.6) is 0 Å². The van der Waals surface area contributed by atoms with Crippen molar-refractivity contribution >= 4 is 37.3 Å². The summed E-state index contributed by atoms with van der Waals surface area (Å²) in [6.45, 7) is 49.8. The second kappa shape index (κ2) is 38.7. The van der Waals surface area contributed by atoms with E-state index >= 15 is 0 Å². The van der Waals surface area contributed by atoms with E-state index in [1.165, 1.54) is 57.8 Å². The predicted octanol–water partition coefficient (Wildman–Crippen LogP) is 13.2. The molecule has 9 atom stereocenters. The standard InChI is InChI=1S/3C12H27P.2CHO.Ru/c3*1-7-10(4)13(11(5)8-2)12(6)9-3;2*1-2;/h3*10-12H,7-9H2,1-6H3;2*1H;/q;;;2*-1;+2/p+3. The molecule has 0 aliphatic carbocycles. The maximum Gasteiger partial charge on any atom is 2.00 e. The van der Waals surface area contributed by atoms with Crippen LogP contribution in [-0.2, 0) is 29.1 Å². The summed E-state index contributed by atoms with van der Waals surface area (Å²) in [5, 5.41) is 0. The van der Waals surface area contributed by atoms with Crippen LogP contribution in [0.25, 0.3) is 0 Å².